The third-order valence-corrected chi connectivity index (χ3v) is 5.16. The molecule has 0 bridgehead atoms. The van der Waals surface area contributed by atoms with E-state index in [1.807, 2.05) is 18.2 Å². The van der Waals surface area contributed by atoms with Crippen molar-refractivity contribution in [3.8, 4) is 0 Å². The quantitative estimate of drug-likeness (QED) is 0.702. The molecule has 1 nitrogen and oxygen atoms in total. The first-order chi connectivity index (χ1) is 9.10. The van der Waals surface area contributed by atoms with Gasteiger partial charge in [0, 0.05) is 21.0 Å². The van der Waals surface area contributed by atoms with Crippen LogP contribution in [0.2, 0.25) is 10.0 Å². The molecule has 1 heterocycles. The van der Waals surface area contributed by atoms with Gasteiger partial charge in [-0.1, -0.05) is 30.1 Å². The van der Waals surface area contributed by atoms with Crippen molar-refractivity contribution in [3.05, 3.63) is 54.6 Å². The van der Waals surface area contributed by atoms with Gasteiger partial charge >= 0.3 is 0 Å². The van der Waals surface area contributed by atoms with Crippen molar-refractivity contribution in [2.45, 2.75) is 19.4 Å². The van der Waals surface area contributed by atoms with Crippen molar-refractivity contribution in [2.75, 3.05) is 6.54 Å². The van der Waals surface area contributed by atoms with Crippen LogP contribution in [0.25, 0.3) is 0 Å². The fourth-order valence-electron chi connectivity index (χ4n) is 1.95. The maximum atomic E-state index is 6.24. The molecule has 19 heavy (non-hydrogen) atoms. The Bertz CT molecular complexity index is 556. The van der Waals surface area contributed by atoms with Gasteiger partial charge in [0.1, 0.15) is 0 Å². The van der Waals surface area contributed by atoms with E-state index in [2.05, 4.69) is 40.3 Å². The van der Waals surface area contributed by atoms with Crippen LogP contribution in [-0.2, 0) is 6.42 Å². The lowest BCUT2D eigenvalue weighted by Crippen LogP contribution is -2.22. The zero-order chi connectivity index (χ0) is 13.8. The van der Waals surface area contributed by atoms with Gasteiger partial charge in [-0.25, -0.2) is 0 Å². The Morgan fingerprint density at radius 2 is 2.05 bits per heavy atom. The molecule has 0 radical (unpaired) electrons. The first kappa shape index (κ1) is 15.3. The Labute approximate surface area is 136 Å². The average molecular weight is 379 g/mol. The standard InChI is InChI=1S/C14H14BrCl2NS/c1-2-18-12(13-5-6-14(15)19-13)8-9-7-10(16)3-4-11(9)17/h3-7,12,18H,2,8H2,1H3. The molecule has 0 amide bonds. The highest BCUT2D eigenvalue weighted by atomic mass is 79.9. The summed E-state index contributed by atoms with van der Waals surface area (Å²) in [6.45, 7) is 3.02. The summed E-state index contributed by atoms with van der Waals surface area (Å²) in [4.78, 5) is 1.30. The molecule has 0 saturated carbocycles. The van der Waals surface area contributed by atoms with Crippen LogP contribution in [0.4, 0.5) is 0 Å². The maximum Gasteiger partial charge on any atom is 0.0701 e. The Balaban J connectivity index is 2.23. The highest BCUT2D eigenvalue weighted by molar-refractivity contribution is 9.11. The third kappa shape index (κ3) is 4.20. The van der Waals surface area contributed by atoms with Crippen molar-refractivity contribution >= 4 is 50.5 Å². The van der Waals surface area contributed by atoms with Crippen molar-refractivity contribution in [2.24, 2.45) is 0 Å². The molecule has 2 rings (SSSR count). The first-order valence-corrected chi connectivity index (χ1v) is 8.39. The van der Waals surface area contributed by atoms with Crippen LogP contribution in [0.1, 0.15) is 23.4 Å². The van der Waals surface area contributed by atoms with Crippen LogP contribution >= 0.6 is 50.5 Å². The lowest BCUT2D eigenvalue weighted by Gasteiger charge is -2.17. The van der Waals surface area contributed by atoms with Crippen molar-refractivity contribution in [3.63, 3.8) is 0 Å². The van der Waals surface area contributed by atoms with E-state index in [9.17, 15) is 0 Å². The normalized spacial score (nSPS) is 12.6. The second-order valence-corrected chi connectivity index (χ2v) is 7.53. The van der Waals surface area contributed by atoms with E-state index in [-0.39, 0.29) is 6.04 Å². The number of halogens is 3. The van der Waals surface area contributed by atoms with Crippen LogP contribution in [0.3, 0.4) is 0 Å². The van der Waals surface area contributed by atoms with Gasteiger partial charge in [-0.2, -0.15) is 0 Å². The molecule has 0 fully saturated rings. The maximum absolute atomic E-state index is 6.24. The van der Waals surface area contributed by atoms with Crippen molar-refractivity contribution < 1.29 is 0 Å². The average Bonchev–Trinajstić information content (AvgIpc) is 2.80. The molecule has 0 aliphatic carbocycles. The topological polar surface area (TPSA) is 12.0 Å². The molecule has 0 aliphatic rings. The van der Waals surface area contributed by atoms with E-state index in [4.69, 9.17) is 23.2 Å². The Morgan fingerprint density at radius 1 is 1.26 bits per heavy atom. The molecule has 0 spiro atoms. The number of hydrogen-bond donors (Lipinski definition) is 1. The SMILES string of the molecule is CCNC(Cc1cc(Cl)ccc1Cl)c1ccc(Br)s1. The van der Waals surface area contributed by atoms with Gasteiger partial charge in [0.2, 0.25) is 0 Å². The molecule has 1 aromatic heterocycles. The van der Waals surface area contributed by atoms with Crippen LogP contribution in [0.15, 0.2) is 34.1 Å². The van der Waals surface area contributed by atoms with Crippen molar-refractivity contribution in [1.29, 1.82) is 0 Å². The molecule has 2 aromatic rings. The molecular formula is C14H14BrCl2NS. The zero-order valence-corrected chi connectivity index (χ0v) is 14.3. The van der Waals surface area contributed by atoms with Gasteiger partial charge in [0.05, 0.1) is 3.79 Å². The molecule has 0 aliphatic heterocycles. The zero-order valence-electron chi connectivity index (χ0n) is 10.4. The predicted molar refractivity (Wildman–Crippen MR) is 88.6 cm³/mol. The third-order valence-electron chi connectivity index (χ3n) is 2.82. The summed E-state index contributed by atoms with van der Waals surface area (Å²) >= 11 is 17.5. The summed E-state index contributed by atoms with van der Waals surface area (Å²) in [5.41, 5.74) is 1.07. The molecule has 102 valence electrons. The van der Waals surface area contributed by atoms with Gasteiger partial charge in [-0.15, -0.1) is 11.3 Å². The monoisotopic (exact) mass is 377 g/mol. The number of thiophene rings is 1. The lowest BCUT2D eigenvalue weighted by atomic mass is 10.0. The largest absolute Gasteiger partial charge is 0.309 e. The lowest BCUT2D eigenvalue weighted by molar-refractivity contribution is 0.558. The molecule has 0 saturated heterocycles. The fraction of sp³-hybridized carbons (Fsp3) is 0.286. The number of benzene rings is 1. The van der Waals surface area contributed by atoms with E-state index in [0.717, 1.165) is 32.4 Å². The van der Waals surface area contributed by atoms with E-state index in [1.165, 1.54) is 4.88 Å². The summed E-state index contributed by atoms with van der Waals surface area (Å²) in [5, 5.41) is 4.99. The summed E-state index contributed by atoms with van der Waals surface area (Å²) in [6.07, 6.45) is 0.834. The summed E-state index contributed by atoms with van der Waals surface area (Å²) in [6, 6.07) is 10.1. The van der Waals surface area contributed by atoms with Gasteiger partial charge in [-0.3, -0.25) is 0 Å². The second kappa shape index (κ2) is 7.09. The summed E-state index contributed by atoms with van der Waals surface area (Å²) in [5.74, 6) is 0. The molecule has 5 heteroatoms. The summed E-state index contributed by atoms with van der Waals surface area (Å²) in [7, 11) is 0. The summed E-state index contributed by atoms with van der Waals surface area (Å²) < 4.78 is 1.14. The smallest absolute Gasteiger partial charge is 0.0701 e. The second-order valence-electron chi connectivity index (χ2n) is 4.19. The van der Waals surface area contributed by atoms with Crippen LogP contribution in [0.5, 0.6) is 0 Å². The fourth-order valence-corrected chi connectivity index (χ4v) is 3.84. The van der Waals surface area contributed by atoms with Crippen LogP contribution in [0, 0.1) is 0 Å². The molecule has 1 unspecified atom stereocenters. The minimum atomic E-state index is 0.261. The number of rotatable bonds is 5. The first-order valence-electron chi connectivity index (χ1n) is 6.02. The van der Waals surface area contributed by atoms with Gasteiger partial charge < -0.3 is 5.32 Å². The predicted octanol–water partition coefficient (Wildman–Crippen LogP) is 5.71. The molecule has 1 aromatic carbocycles. The van der Waals surface area contributed by atoms with Gasteiger partial charge in [0.25, 0.3) is 0 Å². The van der Waals surface area contributed by atoms with E-state index in [1.54, 1.807) is 11.3 Å². The number of nitrogens with one attached hydrogen (secondary N) is 1. The minimum Gasteiger partial charge on any atom is -0.309 e. The Kier molecular flexibility index (Phi) is 5.72. The highest BCUT2D eigenvalue weighted by Crippen LogP contribution is 2.31. The van der Waals surface area contributed by atoms with Crippen LogP contribution in [-0.4, -0.2) is 6.54 Å². The highest BCUT2D eigenvalue weighted by Gasteiger charge is 2.15. The molecule has 1 N–H and O–H groups in total. The minimum absolute atomic E-state index is 0.261. The van der Waals surface area contributed by atoms with Crippen LogP contribution < -0.4 is 5.32 Å². The number of hydrogen-bond acceptors (Lipinski definition) is 2. The van der Waals surface area contributed by atoms with E-state index >= 15 is 0 Å². The number of likely N-dealkylation sites (N-methyl/N-ethyl adjacent to an activating group) is 1. The van der Waals surface area contributed by atoms with Gasteiger partial charge in [0.15, 0.2) is 0 Å². The van der Waals surface area contributed by atoms with E-state index < -0.39 is 0 Å². The van der Waals surface area contributed by atoms with Gasteiger partial charge in [-0.05, 0) is 64.8 Å². The molecular weight excluding hydrogens is 365 g/mol. The Morgan fingerprint density at radius 3 is 2.68 bits per heavy atom. The van der Waals surface area contributed by atoms with Crippen molar-refractivity contribution in [1.82, 2.24) is 5.32 Å². The molecule has 1 atom stereocenters. The Hall–Kier alpha value is -0.0600. The van der Waals surface area contributed by atoms with E-state index in [0.29, 0.717) is 0 Å².